The molecule has 0 radical (unpaired) electrons. The van der Waals surface area contributed by atoms with E-state index in [1.54, 1.807) is 7.05 Å². The number of fused-ring (bicyclic) bond motifs is 1. The minimum absolute atomic E-state index is 0.0605. The van der Waals surface area contributed by atoms with Crippen LogP contribution in [0.3, 0.4) is 0 Å². The van der Waals surface area contributed by atoms with Crippen LogP contribution in [-0.4, -0.2) is 27.8 Å². The molecule has 0 unspecified atom stereocenters. The number of hydrogen-bond acceptors (Lipinski definition) is 5. The summed E-state index contributed by atoms with van der Waals surface area (Å²) < 4.78 is 1.06. The maximum Gasteiger partial charge on any atom is 0.270 e. The summed E-state index contributed by atoms with van der Waals surface area (Å²) in [6.45, 7) is 0.339. The molecule has 0 aliphatic carbocycles. The second kappa shape index (κ2) is 6.54. The third-order valence-electron chi connectivity index (χ3n) is 3.45. The van der Waals surface area contributed by atoms with E-state index in [0.717, 1.165) is 15.2 Å². The molecule has 0 atom stereocenters. The number of aromatic nitrogens is 1. The van der Waals surface area contributed by atoms with E-state index >= 15 is 0 Å². The van der Waals surface area contributed by atoms with E-state index in [-0.39, 0.29) is 22.2 Å². The van der Waals surface area contributed by atoms with Crippen molar-refractivity contribution < 1.29 is 9.72 Å². The molecule has 1 aromatic heterocycles. The number of nitro benzene ring substituents is 1. The number of halogens is 1. The van der Waals surface area contributed by atoms with Gasteiger partial charge in [-0.3, -0.25) is 14.9 Å². The zero-order valence-corrected chi connectivity index (χ0v) is 14.2. The Kier molecular flexibility index (Phi) is 4.46. The van der Waals surface area contributed by atoms with Crippen molar-refractivity contribution in [3.05, 3.63) is 68.2 Å². The molecule has 3 aromatic rings. The molecule has 1 heterocycles. The van der Waals surface area contributed by atoms with Gasteiger partial charge in [-0.2, -0.15) is 0 Å². The molecule has 0 saturated carbocycles. The topological polar surface area (TPSA) is 76.3 Å². The Bertz CT molecular complexity index is 908. The first-order valence-electron chi connectivity index (χ1n) is 6.99. The maximum absolute atomic E-state index is 12.5. The number of thiazole rings is 1. The van der Waals surface area contributed by atoms with Crippen molar-refractivity contribution in [2.45, 2.75) is 6.54 Å². The summed E-state index contributed by atoms with van der Waals surface area (Å²) in [5.41, 5.74) is 0.975. The minimum atomic E-state index is -0.551. The summed E-state index contributed by atoms with van der Waals surface area (Å²) in [6.07, 6.45) is 0. The number of amides is 1. The Labute approximate surface area is 146 Å². The third kappa shape index (κ3) is 3.22. The fourth-order valence-electron chi connectivity index (χ4n) is 2.26. The molecular weight excluding hydrogens is 350 g/mol. The fraction of sp³-hybridized carbons (Fsp3) is 0.125. The highest BCUT2D eigenvalue weighted by Gasteiger charge is 2.19. The summed E-state index contributed by atoms with van der Waals surface area (Å²) in [5, 5.41) is 11.6. The molecule has 0 N–H and O–H groups in total. The molecule has 0 spiro atoms. The van der Waals surface area contributed by atoms with Crippen LogP contribution < -0.4 is 0 Å². The van der Waals surface area contributed by atoms with Gasteiger partial charge in [-0.05, 0) is 18.2 Å². The molecule has 2 aromatic carbocycles. The fourth-order valence-corrected chi connectivity index (χ4v) is 3.54. The molecule has 1 amide bonds. The highest BCUT2D eigenvalue weighted by atomic mass is 35.5. The number of rotatable bonds is 4. The molecule has 0 aliphatic heterocycles. The van der Waals surface area contributed by atoms with Crippen LogP contribution in [0.15, 0.2) is 42.5 Å². The van der Waals surface area contributed by atoms with E-state index in [0.29, 0.717) is 6.54 Å². The van der Waals surface area contributed by atoms with Crippen molar-refractivity contribution in [2.75, 3.05) is 7.05 Å². The molecule has 122 valence electrons. The number of carbonyl (C=O) groups excluding carboxylic acids is 1. The van der Waals surface area contributed by atoms with Crippen LogP contribution in [0.1, 0.15) is 15.4 Å². The first-order chi connectivity index (χ1) is 11.5. The smallest absolute Gasteiger partial charge is 0.270 e. The Morgan fingerprint density at radius 2 is 2.08 bits per heavy atom. The van der Waals surface area contributed by atoms with Gasteiger partial charge in [0.05, 0.1) is 32.3 Å². The molecule has 8 heteroatoms. The van der Waals surface area contributed by atoms with Crippen molar-refractivity contribution in [1.29, 1.82) is 0 Å². The van der Waals surface area contributed by atoms with Gasteiger partial charge in [-0.1, -0.05) is 23.7 Å². The molecule has 0 aliphatic rings. The molecule has 0 fully saturated rings. The Balaban J connectivity index is 1.80. The SMILES string of the molecule is CN(Cc1nc2ccccc2s1)C(=O)c1ccc([N+](=O)[O-])cc1Cl. The number of hydrogen-bond donors (Lipinski definition) is 0. The lowest BCUT2D eigenvalue weighted by Crippen LogP contribution is -2.26. The van der Waals surface area contributed by atoms with Gasteiger partial charge in [0.15, 0.2) is 0 Å². The van der Waals surface area contributed by atoms with E-state index in [9.17, 15) is 14.9 Å². The van der Waals surface area contributed by atoms with Crippen LogP contribution in [0, 0.1) is 10.1 Å². The third-order valence-corrected chi connectivity index (χ3v) is 4.79. The van der Waals surface area contributed by atoms with E-state index in [4.69, 9.17) is 11.6 Å². The summed E-state index contributed by atoms with van der Waals surface area (Å²) in [6, 6.07) is 11.6. The first kappa shape index (κ1) is 16.4. The van der Waals surface area contributed by atoms with Crippen LogP contribution >= 0.6 is 22.9 Å². The van der Waals surface area contributed by atoms with Gasteiger partial charge < -0.3 is 4.90 Å². The second-order valence-electron chi connectivity index (χ2n) is 5.16. The van der Waals surface area contributed by atoms with Gasteiger partial charge in [0.25, 0.3) is 11.6 Å². The quantitative estimate of drug-likeness (QED) is 0.517. The van der Waals surface area contributed by atoms with E-state index in [1.165, 1.54) is 34.4 Å². The average molecular weight is 362 g/mol. The number of carbonyl (C=O) groups is 1. The van der Waals surface area contributed by atoms with Crippen molar-refractivity contribution in [3.63, 3.8) is 0 Å². The average Bonchev–Trinajstić information content (AvgIpc) is 2.96. The number of benzene rings is 2. The van der Waals surface area contributed by atoms with Crippen molar-refractivity contribution in [3.8, 4) is 0 Å². The molecule has 3 rings (SSSR count). The zero-order valence-electron chi connectivity index (χ0n) is 12.6. The molecule has 6 nitrogen and oxygen atoms in total. The lowest BCUT2D eigenvalue weighted by molar-refractivity contribution is -0.384. The lowest BCUT2D eigenvalue weighted by Gasteiger charge is -2.16. The van der Waals surface area contributed by atoms with E-state index in [2.05, 4.69) is 4.98 Å². The van der Waals surface area contributed by atoms with Gasteiger partial charge in [-0.15, -0.1) is 11.3 Å². The number of para-hydroxylation sites is 1. The van der Waals surface area contributed by atoms with Gasteiger partial charge in [-0.25, -0.2) is 4.98 Å². The predicted octanol–water partition coefficient (Wildman–Crippen LogP) is 4.13. The zero-order chi connectivity index (χ0) is 17.3. The number of nitrogens with zero attached hydrogens (tertiary/aromatic N) is 3. The normalized spacial score (nSPS) is 10.8. The molecule has 0 bridgehead atoms. The Morgan fingerprint density at radius 1 is 1.33 bits per heavy atom. The van der Waals surface area contributed by atoms with Crippen molar-refractivity contribution in [1.82, 2.24) is 9.88 Å². The summed E-state index contributed by atoms with van der Waals surface area (Å²) in [7, 11) is 1.64. The van der Waals surface area contributed by atoms with Gasteiger partial charge in [0.1, 0.15) is 5.01 Å². The first-order valence-corrected chi connectivity index (χ1v) is 8.19. The molecular formula is C16H12ClN3O3S. The largest absolute Gasteiger partial charge is 0.335 e. The van der Waals surface area contributed by atoms with Crippen LogP contribution in [0.25, 0.3) is 10.2 Å². The standard InChI is InChI=1S/C16H12ClN3O3S/c1-19(9-15-18-13-4-2-3-5-14(13)24-15)16(21)11-7-6-10(20(22)23)8-12(11)17/h2-8H,9H2,1H3. The highest BCUT2D eigenvalue weighted by molar-refractivity contribution is 7.18. The maximum atomic E-state index is 12.5. The highest BCUT2D eigenvalue weighted by Crippen LogP contribution is 2.25. The molecule has 24 heavy (non-hydrogen) atoms. The predicted molar refractivity (Wildman–Crippen MR) is 93.5 cm³/mol. The second-order valence-corrected chi connectivity index (χ2v) is 6.68. The number of nitro groups is 1. The minimum Gasteiger partial charge on any atom is -0.335 e. The van der Waals surface area contributed by atoms with Gasteiger partial charge >= 0.3 is 0 Å². The molecule has 0 saturated heterocycles. The monoisotopic (exact) mass is 361 g/mol. The van der Waals surface area contributed by atoms with Crippen LogP contribution in [0.5, 0.6) is 0 Å². The van der Waals surface area contributed by atoms with Crippen LogP contribution in [-0.2, 0) is 6.54 Å². The lowest BCUT2D eigenvalue weighted by atomic mass is 10.2. The van der Waals surface area contributed by atoms with E-state index in [1.807, 2.05) is 24.3 Å². The summed E-state index contributed by atoms with van der Waals surface area (Å²) >= 11 is 7.54. The van der Waals surface area contributed by atoms with Crippen molar-refractivity contribution >= 4 is 44.7 Å². The Hall–Kier alpha value is -2.51. The number of non-ortho nitro benzene ring substituents is 1. The van der Waals surface area contributed by atoms with Gasteiger partial charge in [0, 0.05) is 19.2 Å². The van der Waals surface area contributed by atoms with Crippen molar-refractivity contribution in [2.24, 2.45) is 0 Å². The van der Waals surface area contributed by atoms with Gasteiger partial charge in [0.2, 0.25) is 0 Å². The van der Waals surface area contributed by atoms with E-state index < -0.39 is 4.92 Å². The van der Waals surface area contributed by atoms with Crippen LogP contribution in [0.4, 0.5) is 5.69 Å². The summed E-state index contributed by atoms with van der Waals surface area (Å²) in [4.78, 5) is 28.7. The summed E-state index contributed by atoms with van der Waals surface area (Å²) in [5.74, 6) is -0.311. The van der Waals surface area contributed by atoms with Crippen LogP contribution in [0.2, 0.25) is 5.02 Å². The Morgan fingerprint density at radius 3 is 2.75 bits per heavy atom.